The zero-order valence-corrected chi connectivity index (χ0v) is 13.5. The van der Waals surface area contributed by atoms with Crippen LogP contribution in [0.4, 0.5) is 0 Å². The number of ether oxygens (including phenoxy) is 1. The normalized spacial score (nSPS) is 12.6. The molecule has 108 valence electrons. The maximum absolute atomic E-state index is 6.40. The summed E-state index contributed by atoms with van der Waals surface area (Å²) in [5.74, 6) is 1.56. The van der Waals surface area contributed by atoms with Gasteiger partial charge in [-0.2, -0.15) is 0 Å². The topological polar surface area (TPSA) is 48.4 Å². The average Bonchev–Trinajstić information content (AvgIpc) is 2.83. The maximum atomic E-state index is 6.40. The molecule has 2 N–H and O–H groups in total. The summed E-state index contributed by atoms with van der Waals surface area (Å²) in [7, 11) is 1.64. The van der Waals surface area contributed by atoms with Crippen molar-refractivity contribution in [3.8, 4) is 5.75 Å². The van der Waals surface area contributed by atoms with Crippen LogP contribution in [0.25, 0.3) is 11.0 Å². The Hall–Kier alpha value is -1.78. The van der Waals surface area contributed by atoms with E-state index in [1.165, 1.54) is 0 Å². The van der Waals surface area contributed by atoms with Crippen molar-refractivity contribution in [2.45, 2.75) is 13.0 Å². The van der Waals surface area contributed by atoms with Gasteiger partial charge in [-0.05, 0) is 30.7 Å². The SMILES string of the molecule is COc1ccc2c(C)c(C(N)c3ccccc3Br)oc2c1. The number of hydrogen-bond acceptors (Lipinski definition) is 3. The van der Waals surface area contributed by atoms with Crippen molar-refractivity contribution in [2.24, 2.45) is 5.73 Å². The molecule has 2 aromatic carbocycles. The lowest BCUT2D eigenvalue weighted by molar-refractivity contribution is 0.414. The second-order valence-electron chi connectivity index (χ2n) is 4.95. The van der Waals surface area contributed by atoms with Gasteiger partial charge in [0.25, 0.3) is 0 Å². The number of fused-ring (bicyclic) bond motifs is 1. The van der Waals surface area contributed by atoms with Crippen LogP contribution in [-0.4, -0.2) is 7.11 Å². The second-order valence-corrected chi connectivity index (χ2v) is 5.81. The molecule has 0 bridgehead atoms. The smallest absolute Gasteiger partial charge is 0.138 e. The molecule has 0 aliphatic rings. The van der Waals surface area contributed by atoms with E-state index in [2.05, 4.69) is 15.9 Å². The minimum absolute atomic E-state index is 0.307. The predicted molar refractivity (Wildman–Crippen MR) is 87.7 cm³/mol. The number of methoxy groups -OCH3 is 1. The first-order valence-corrected chi connectivity index (χ1v) is 7.48. The van der Waals surface area contributed by atoms with Crippen molar-refractivity contribution in [1.82, 2.24) is 0 Å². The molecular formula is C17H16BrNO2. The molecule has 0 aliphatic heterocycles. The highest BCUT2D eigenvalue weighted by atomic mass is 79.9. The molecule has 1 unspecified atom stereocenters. The van der Waals surface area contributed by atoms with Gasteiger partial charge in [0.2, 0.25) is 0 Å². The second kappa shape index (κ2) is 5.54. The third kappa shape index (κ3) is 2.45. The lowest BCUT2D eigenvalue weighted by Crippen LogP contribution is -2.12. The van der Waals surface area contributed by atoms with Crippen LogP contribution in [0.1, 0.15) is 22.9 Å². The van der Waals surface area contributed by atoms with Crippen LogP contribution in [0.2, 0.25) is 0 Å². The molecule has 0 amide bonds. The van der Waals surface area contributed by atoms with Gasteiger partial charge >= 0.3 is 0 Å². The Morgan fingerprint density at radius 3 is 2.67 bits per heavy atom. The lowest BCUT2D eigenvalue weighted by atomic mass is 10.0. The van der Waals surface area contributed by atoms with E-state index in [1.807, 2.05) is 49.4 Å². The van der Waals surface area contributed by atoms with Crippen molar-refractivity contribution in [3.05, 3.63) is 63.8 Å². The van der Waals surface area contributed by atoms with E-state index in [-0.39, 0.29) is 6.04 Å². The number of benzene rings is 2. The first-order chi connectivity index (χ1) is 10.1. The van der Waals surface area contributed by atoms with Gasteiger partial charge in [0, 0.05) is 21.5 Å². The van der Waals surface area contributed by atoms with Gasteiger partial charge in [-0.1, -0.05) is 34.1 Å². The highest BCUT2D eigenvalue weighted by molar-refractivity contribution is 9.10. The Morgan fingerprint density at radius 1 is 1.19 bits per heavy atom. The number of furan rings is 1. The van der Waals surface area contributed by atoms with Gasteiger partial charge in [-0.25, -0.2) is 0 Å². The summed E-state index contributed by atoms with van der Waals surface area (Å²) in [6, 6.07) is 13.4. The number of aryl methyl sites for hydroxylation is 1. The third-order valence-electron chi connectivity index (χ3n) is 3.71. The number of rotatable bonds is 3. The van der Waals surface area contributed by atoms with Gasteiger partial charge in [0.15, 0.2) is 0 Å². The van der Waals surface area contributed by atoms with Gasteiger partial charge in [0.05, 0.1) is 13.2 Å². The fourth-order valence-electron chi connectivity index (χ4n) is 2.52. The van der Waals surface area contributed by atoms with Crippen molar-refractivity contribution in [1.29, 1.82) is 0 Å². The van der Waals surface area contributed by atoms with Crippen molar-refractivity contribution in [3.63, 3.8) is 0 Å². The standard InChI is InChI=1S/C17H16BrNO2/c1-10-12-8-7-11(20-2)9-15(12)21-17(10)16(19)13-5-3-4-6-14(13)18/h3-9,16H,19H2,1-2H3. The molecule has 0 radical (unpaired) electrons. The molecule has 3 aromatic rings. The monoisotopic (exact) mass is 345 g/mol. The van der Waals surface area contributed by atoms with Crippen LogP contribution >= 0.6 is 15.9 Å². The summed E-state index contributed by atoms with van der Waals surface area (Å²) < 4.78 is 12.2. The molecule has 3 nitrogen and oxygen atoms in total. The maximum Gasteiger partial charge on any atom is 0.138 e. The van der Waals surface area contributed by atoms with Crippen molar-refractivity contribution >= 4 is 26.9 Å². The molecule has 21 heavy (non-hydrogen) atoms. The average molecular weight is 346 g/mol. The molecule has 1 atom stereocenters. The number of nitrogens with two attached hydrogens (primary N) is 1. The Kier molecular flexibility index (Phi) is 3.74. The summed E-state index contributed by atoms with van der Waals surface area (Å²) >= 11 is 3.54. The summed E-state index contributed by atoms with van der Waals surface area (Å²) in [4.78, 5) is 0. The summed E-state index contributed by atoms with van der Waals surface area (Å²) in [6.45, 7) is 2.03. The molecule has 3 rings (SSSR count). The fraction of sp³-hybridized carbons (Fsp3) is 0.176. The summed E-state index contributed by atoms with van der Waals surface area (Å²) in [6.07, 6.45) is 0. The molecule has 1 heterocycles. The van der Waals surface area contributed by atoms with Crippen LogP contribution in [0, 0.1) is 6.92 Å². The lowest BCUT2D eigenvalue weighted by Gasteiger charge is -2.12. The molecule has 0 aliphatic carbocycles. The Balaban J connectivity index is 2.12. The van der Waals surface area contributed by atoms with E-state index in [1.54, 1.807) is 7.11 Å². The van der Waals surface area contributed by atoms with E-state index in [0.29, 0.717) is 0 Å². The molecular weight excluding hydrogens is 330 g/mol. The van der Waals surface area contributed by atoms with Crippen LogP contribution < -0.4 is 10.5 Å². The largest absolute Gasteiger partial charge is 0.497 e. The molecule has 0 saturated heterocycles. The van der Waals surface area contributed by atoms with Crippen LogP contribution in [0.15, 0.2) is 51.4 Å². The quantitative estimate of drug-likeness (QED) is 0.756. The van der Waals surface area contributed by atoms with Crippen LogP contribution in [0.3, 0.4) is 0 Å². The first kappa shape index (κ1) is 14.2. The zero-order valence-electron chi connectivity index (χ0n) is 11.9. The minimum atomic E-state index is -0.307. The van der Waals surface area contributed by atoms with Gasteiger partial charge in [0.1, 0.15) is 17.1 Å². The van der Waals surface area contributed by atoms with Crippen molar-refractivity contribution < 1.29 is 9.15 Å². The fourth-order valence-corrected chi connectivity index (χ4v) is 3.05. The van der Waals surface area contributed by atoms with Gasteiger partial charge in [-0.3, -0.25) is 0 Å². The number of halogens is 1. The molecule has 0 saturated carbocycles. The van der Waals surface area contributed by atoms with Gasteiger partial charge in [-0.15, -0.1) is 0 Å². The highest BCUT2D eigenvalue weighted by Gasteiger charge is 2.20. The predicted octanol–water partition coefficient (Wildman–Crippen LogP) is 4.56. The molecule has 0 spiro atoms. The highest BCUT2D eigenvalue weighted by Crippen LogP contribution is 2.35. The van der Waals surface area contributed by atoms with E-state index >= 15 is 0 Å². The Labute approximate surface area is 131 Å². The minimum Gasteiger partial charge on any atom is -0.497 e. The van der Waals surface area contributed by atoms with Crippen molar-refractivity contribution in [2.75, 3.05) is 7.11 Å². The summed E-state index contributed by atoms with van der Waals surface area (Å²) in [5.41, 5.74) is 9.26. The molecule has 0 fully saturated rings. The van der Waals surface area contributed by atoms with Crippen LogP contribution in [0.5, 0.6) is 5.75 Å². The Morgan fingerprint density at radius 2 is 1.95 bits per heavy atom. The molecule has 4 heteroatoms. The van der Waals surface area contributed by atoms with E-state index < -0.39 is 0 Å². The zero-order chi connectivity index (χ0) is 15.0. The Bertz CT molecular complexity index is 795. The van der Waals surface area contributed by atoms with E-state index in [9.17, 15) is 0 Å². The van der Waals surface area contributed by atoms with E-state index in [4.69, 9.17) is 14.9 Å². The van der Waals surface area contributed by atoms with Crippen LogP contribution in [-0.2, 0) is 0 Å². The third-order valence-corrected chi connectivity index (χ3v) is 4.43. The summed E-state index contributed by atoms with van der Waals surface area (Å²) in [5, 5.41) is 1.06. The molecule has 1 aromatic heterocycles. The van der Waals surface area contributed by atoms with Gasteiger partial charge < -0.3 is 14.9 Å². The number of hydrogen-bond donors (Lipinski definition) is 1. The van der Waals surface area contributed by atoms with E-state index in [0.717, 1.165) is 38.1 Å². The first-order valence-electron chi connectivity index (χ1n) is 6.69.